The molecule has 0 saturated heterocycles. The van der Waals surface area contributed by atoms with Crippen LogP contribution < -0.4 is 4.40 Å². The number of aryl methyl sites for hydroxylation is 1. The molecule has 9 aromatic rings. The van der Waals surface area contributed by atoms with Crippen molar-refractivity contribution < 1.29 is 22.8 Å². The number of hydrogen-bond donors (Lipinski definition) is 0. The molecule has 3 nitrogen and oxygen atoms in total. The molecule has 0 aliphatic rings. The summed E-state index contributed by atoms with van der Waals surface area (Å²) in [6.45, 7) is 17.2. The minimum Gasteiger partial charge on any atom is 0 e. The summed E-state index contributed by atoms with van der Waals surface area (Å²) in [5.41, 5.74) is 12.9. The van der Waals surface area contributed by atoms with E-state index in [1.807, 2.05) is 68.6 Å². The number of fused-ring (bicyclic) bond motifs is 4. The van der Waals surface area contributed by atoms with Crippen LogP contribution in [-0.2, 0) is 26.5 Å². The van der Waals surface area contributed by atoms with E-state index in [2.05, 4.69) is 171 Å². The van der Waals surface area contributed by atoms with Gasteiger partial charge in [0, 0.05) is 30.5 Å². The van der Waals surface area contributed by atoms with Crippen LogP contribution in [-0.4, -0.2) is 27.8 Å². The Labute approximate surface area is 398 Å². The van der Waals surface area contributed by atoms with Crippen LogP contribution in [0.2, 0.25) is 17.3 Å². The Morgan fingerprint density at radius 1 is 0.730 bits per heavy atom. The van der Waals surface area contributed by atoms with Crippen molar-refractivity contribution in [2.75, 3.05) is 0 Å². The van der Waals surface area contributed by atoms with Gasteiger partial charge in [-0.1, -0.05) is 87.7 Å². The maximum absolute atomic E-state index is 8.76. The van der Waals surface area contributed by atoms with Gasteiger partial charge in [0.1, 0.15) is 0 Å². The average molecular weight is 1090 g/mol. The summed E-state index contributed by atoms with van der Waals surface area (Å²) in [4.78, 5) is 9.88. The molecule has 0 N–H and O–H groups in total. The standard InChI is InChI=1S/C38H33N2S.C19H26GeN.Ir/c1-23(2)30-21-28(26-11-7-6-8-12-26)22-31(24(3)4)37(30)40-34-14-10-9-13-33(34)39-38(40)27-16-18-35-32(20-27)29-17-15-25(5)19-36(29)41-35;1-19(2,3)13-16-12-18(15-10-8-7-9-11-15)21-14-17(16)20(4,5)6;/h6-15,17-24H,1-5H3;7-10,12,14H,13H2,1-6H3;/q2*-1;/i;13D2;. The van der Waals surface area contributed by atoms with Crippen LogP contribution in [0.4, 0.5) is 0 Å². The molecule has 323 valence electrons. The van der Waals surface area contributed by atoms with E-state index in [1.54, 1.807) is 0 Å². The normalized spacial score (nSPS) is 12.7. The quantitative estimate of drug-likeness (QED) is 0.112. The molecule has 0 bridgehead atoms. The molecule has 6 aromatic carbocycles. The summed E-state index contributed by atoms with van der Waals surface area (Å²) < 4.78 is 23.6. The zero-order valence-electron chi connectivity index (χ0n) is 40.4. The first kappa shape index (κ1) is 43.6. The third kappa shape index (κ3) is 10.0. The van der Waals surface area contributed by atoms with Crippen LogP contribution >= 0.6 is 11.3 Å². The minimum absolute atomic E-state index is 0. The van der Waals surface area contributed by atoms with E-state index in [1.165, 1.54) is 53.7 Å². The van der Waals surface area contributed by atoms with Crippen LogP contribution in [0, 0.1) is 24.5 Å². The van der Waals surface area contributed by atoms with Crippen molar-refractivity contribution in [2.24, 2.45) is 5.41 Å². The molecule has 0 unspecified atom stereocenters. The van der Waals surface area contributed by atoms with Gasteiger partial charge in [-0.15, -0.1) is 23.8 Å². The van der Waals surface area contributed by atoms with E-state index < -0.39 is 25.1 Å². The second-order valence-electron chi connectivity index (χ2n) is 19.2. The molecule has 0 saturated carbocycles. The number of hydrogen-bond acceptors (Lipinski definition) is 3. The summed E-state index contributed by atoms with van der Waals surface area (Å²) in [7, 11) is 0. The van der Waals surface area contributed by atoms with Crippen molar-refractivity contribution >= 4 is 60.2 Å². The first-order valence-corrected chi connectivity index (χ1v) is 30.0. The van der Waals surface area contributed by atoms with Gasteiger partial charge in [-0.25, -0.2) is 0 Å². The maximum Gasteiger partial charge on any atom is 0 e. The fraction of sp³-hybridized carbons (Fsp3) is 0.263. The van der Waals surface area contributed by atoms with Crippen molar-refractivity contribution in [1.29, 1.82) is 0 Å². The smallest absolute Gasteiger partial charge is 0 e. The Morgan fingerprint density at radius 3 is 2.06 bits per heavy atom. The van der Waals surface area contributed by atoms with E-state index in [9.17, 15) is 0 Å². The topological polar surface area (TPSA) is 30.7 Å². The Morgan fingerprint density at radius 2 is 1.41 bits per heavy atom. The monoisotopic (exact) mass is 1090 g/mol. The average Bonchev–Trinajstić information content (AvgIpc) is 3.83. The summed E-state index contributed by atoms with van der Waals surface area (Å²) >= 11 is -0.402. The number of benzene rings is 6. The van der Waals surface area contributed by atoms with Crippen molar-refractivity contribution in [3.05, 3.63) is 168 Å². The maximum atomic E-state index is 8.76. The first-order valence-electron chi connectivity index (χ1n) is 22.9. The number of nitrogens with zero attached hydrogens (tertiary/aromatic N) is 3. The first-order chi connectivity index (χ1) is 30.3. The molecular weight excluding hydrogens is 1020 g/mol. The van der Waals surface area contributed by atoms with Gasteiger partial charge in [-0.05, 0) is 87.0 Å². The fourth-order valence-corrected chi connectivity index (χ4v) is 12.4. The Kier molecular flexibility index (Phi) is 13.0. The third-order valence-corrected chi connectivity index (χ3v) is 16.7. The number of para-hydroxylation sites is 2. The second-order valence-corrected chi connectivity index (χ2v) is 30.8. The fourth-order valence-electron chi connectivity index (χ4n) is 8.27. The molecular formula is C57H59GeIrN3S-2. The van der Waals surface area contributed by atoms with E-state index in [-0.39, 0.29) is 20.1 Å². The van der Waals surface area contributed by atoms with Crippen molar-refractivity contribution in [3.63, 3.8) is 0 Å². The molecule has 0 aliphatic heterocycles. The molecule has 0 atom stereocenters. The molecule has 0 aliphatic carbocycles. The van der Waals surface area contributed by atoms with Crippen LogP contribution in [0.15, 0.2) is 134 Å². The summed E-state index contributed by atoms with van der Waals surface area (Å²) in [6, 6.07) is 51.7. The zero-order valence-corrected chi connectivity index (χ0v) is 43.7. The predicted molar refractivity (Wildman–Crippen MR) is 271 cm³/mol. The Hall–Kier alpha value is -4.65. The van der Waals surface area contributed by atoms with Gasteiger partial charge < -0.3 is 4.57 Å². The zero-order chi connectivity index (χ0) is 45.7. The Bertz CT molecular complexity index is 3090. The van der Waals surface area contributed by atoms with Gasteiger partial charge >= 0.3 is 135 Å². The summed E-state index contributed by atoms with van der Waals surface area (Å²) in [6.07, 6.45) is 0.502. The third-order valence-electron chi connectivity index (χ3n) is 11.3. The van der Waals surface area contributed by atoms with Crippen molar-refractivity contribution in [3.8, 4) is 39.5 Å². The number of pyridine rings is 1. The molecule has 1 radical (unpaired) electrons. The van der Waals surface area contributed by atoms with Crippen molar-refractivity contribution in [2.45, 2.75) is 90.9 Å². The van der Waals surface area contributed by atoms with Gasteiger partial charge in [-0.3, -0.25) is 4.98 Å². The molecule has 3 aromatic heterocycles. The van der Waals surface area contributed by atoms with Gasteiger partial charge in [0.2, 0.25) is 0 Å². The van der Waals surface area contributed by atoms with Crippen LogP contribution in [0.25, 0.3) is 70.7 Å². The van der Waals surface area contributed by atoms with E-state index in [0.717, 1.165) is 43.6 Å². The van der Waals surface area contributed by atoms with E-state index in [4.69, 9.17) is 7.73 Å². The number of thiophene rings is 1. The van der Waals surface area contributed by atoms with Gasteiger partial charge in [-0.2, -0.15) is 11.3 Å². The van der Waals surface area contributed by atoms with Crippen LogP contribution in [0.3, 0.4) is 0 Å². The SMILES string of the molecule is Cc1ccc2c(c1)sc1c[c-]c(-c3nc4ccccc4n3-c3c(C(C)C)cc(-c4ccccc4)cc3C(C)C)cc12.[2H]C([2H])(c1cc(-c2[c-]cccc2)nc[c]1[Ge]([CH3])([CH3])[CH3])C(C)(C)C.[Ir]. The molecule has 63 heavy (non-hydrogen) atoms. The number of imidazole rings is 1. The predicted octanol–water partition coefficient (Wildman–Crippen LogP) is 15.8. The van der Waals surface area contributed by atoms with E-state index in [0.29, 0.717) is 11.8 Å². The molecule has 0 spiro atoms. The van der Waals surface area contributed by atoms with Crippen molar-refractivity contribution in [1.82, 2.24) is 14.5 Å². The van der Waals surface area contributed by atoms with Gasteiger partial charge in [0.15, 0.2) is 0 Å². The van der Waals surface area contributed by atoms with Crippen LogP contribution in [0.5, 0.6) is 0 Å². The minimum atomic E-state index is -2.24. The molecule has 6 heteroatoms. The van der Waals surface area contributed by atoms with E-state index >= 15 is 0 Å². The summed E-state index contributed by atoms with van der Waals surface area (Å²) in [5, 5.41) is 2.57. The number of rotatable bonds is 8. The van der Waals surface area contributed by atoms with Gasteiger partial charge in [0.05, 0.1) is 16.9 Å². The summed E-state index contributed by atoms with van der Waals surface area (Å²) in [5.74, 6) is 8.46. The van der Waals surface area contributed by atoms with Crippen LogP contribution in [0.1, 0.15) is 85.3 Å². The largest absolute Gasteiger partial charge is 0 e. The molecule has 9 rings (SSSR count). The Balaban J connectivity index is 0.000000225. The molecule has 0 fully saturated rings. The molecule has 3 heterocycles. The molecule has 0 amide bonds. The van der Waals surface area contributed by atoms with Gasteiger partial charge in [0.25, 0.3) is 0 Å². The second kappa shape index (κ2) is 18.8. The number of aromatic nitrogens is 3.